The molecule has 0 aromatic carbocycles. The van der Waals surface area contributed by atoms with Gasteiger partial charge in [0, 0.05) is 0 Å². The molecule has 0 aromatic heterocycles. The summed E-state index contributed by atoms with van der Waals surface area (Å²) in [4.78, 5) is 0. The van der Waals surface area contributed by atoms with Gasteiger partial charge in [-0.25, -0.2) is 0 Å². The molecule has 0 spiro atoms. The zero-order valence-corrected chi connectivity index (χ0v) is 5.23. The van der Waals surface area contributed by atoms with E-state index >= 15 is 0 Å². The first-order valence-electron chi connectivity index (χ1n) is 1.31. The smallest absolute Gasteiger partial charge is 0.411 e. The molecule has 6 heteroatoms. The van der Waals surface area contributed by atoms with E-state index in [1.165, 1.54) is 0 Å². The highest BCUT2D eigenvalue weighted by Gasteiger charge is 2.23. The number of rotatable bonds is 0. The molecule has 0 unspecified atom stereocenters. The van der Waals surface area contributed by atoms with Gasteiger partial charge in [-0.1, -0.05) is 5.16 Å². The topological polar surface area (TPSA) is 32.6 Å². The normalized spacial score (nSPS) is 11.4. The van der Waals surface area contributed by atoms with E-state index < -0.39 is 12.4 Å². The van der Waals surface area contributed by atoms with Crippen LogP contribution < -0.4 is 0 Å². The van der Waals surface area contributed by atoms with E-state index in [0.717, 1.165) is 0 Å². The standard InChI is InChI=1S/C2H2F3NO.BrH/c3-2(4,5)1-6-7;/h1,7H;1H. The first-order valence-corrected chi connectivity index (χ1v) is 1.31. The molecule has 0 saturated carbocycles. The largest absolute Gasteiger partial charge is 0.429 e. The molecule has 50 valence electrons. The third-order valence-corrected chi connectivity index (χ3v) is 0.204. The monoisotopic (exact) mass is 193 g/mol. The van der Waals surface area contributed by atoms with Crippen LogP contribution in [0.2, 0.25) is 0 Å². The molecule has 0 fully saturated rings. The molecule has 0 aliphatic carbocycles. The second kappa shape index (κ2) is 3.71. The lowest BCUT2D eigenvalue weighted by Crippen LogP contribution is -2.07. The number of hydrogen-bond donors (Lipinski definition) is 1. The Hall–Kier alpha value is -0.260. The van der Waals surface area contributed by atoms with Crippen molar-refractivity contribution in [1.82, 2.24) is 0 Å². The Morgan fingerprint density at radius 2 is 1.75 bits per heavy atom. The Morgan fingerprint density at radius 1 is 1.38 bits per heavy atom. The van der Waals surface area contributed by atoms with Gasteiger partial charge in [0.05, 0.1) is 0 Å². The fourth-order valence-corrected chi connectivity index (χ4v) is 0.0655. The number of hydrogen-bond acceptors (Lipinski definition) is 2. The van der Waals surface area contributed by atoms with Gasteiger partial charge in [0.2, 0.25) is 0 Å². The number of oxime groups is 1. The number of halogens is 4. The average molecular weight is 194 g/mol. The minimum absolute atomic E-state index is 0. The lowest BCUT2D eigenvalue weighted by molar-refractivity contribution is -0.0553. The molecular weight excluding hydrogens is 191 g/mol. The Balaban J connectivity index is 0. The molecule has 0 aromatic rings. The Morgan fingerprint density at radius 3 is 1.75 bits per heavy atom. The zero-order valence-electron chi connectivity index (χ0n) is 3.51. The van der Waals surface area contributed by atoms with Crippen molar-refractivity contribution in [3.05, 3.63) is 0 Å². The summed E-state index contributed by atoms with van der Waals surface area (Å²) in [5.41, 5.74) is 0. The van der Waals surface area contributed by atoms with Crippen LogP contribution in [0.25, 0.3) is 0 Å². The maximum atomic E-state index is 10.7. The summed E-state index contributed by atoms with van der Waals surface area (Å²) >= 11 is 0. The van der Waals surface area contributed by atoms with E-state index in [0.29, 0.717) is 0 Å². The second-order valence-corrected chi connectivity index (χ2v) is 0.786. The first-order chi connectivity index (χ1) is 3.06. The molecule has 0 aliphatic heterocycles. The van der Waals surface area contributed by atoms with Gasteiger partial charge in [0.25, 0.3) is 0 Å². The van der Waals surface area contributed by atoms with Crippen LogP contribution >= 0.6 is 17.0 Å². The van der Waals surface area contributed by atoms with E-state index in [2.05, 4.69) is 0 Å². The summed E-state index contributed by atoms with van der Waals surface area (Å²) in [6.07, 6.45) is -5.00. The summed E-state index contributed by atoms with van der Waals surface area (Å²) in [5.74, 6) is 0. The van der Waals surface area contributed by atoms with Crippen LogP contribution in [0.15, 0.2) is 5.16 Å². The summed E-state index contributed by atoms with van der Waals surface area (Å²) < 4.78 is 32.2. The highest BCUT2D eigenvalue weighted by atomic mass is 79.9. The summed E-state index contributed by atoms with van der Waals surface area (Å²) in [6.45, 7) is 0. The van der Waals surface area contributed by atoms with Gasteiger partial charge in [-0.2, -0.15) is 13.2 Å². The van der Waals surface area contributed by atoms with E-state index in [1.54, 1.807) is 5.16 Å². The highest BCUT2D eigenvalue weighted by Crippen LogP contribution is 2.09. The average Bonchev–Trinajstić information content (AvgIpc) is 1.30. The predicted octanol–water partition coefficient (Wildman–Crippen LogP) is 1.59. The Labute approximate surface area is 53.8 Å². The second-order valence-electron chi connectivity index (χ2n) is 0.786. The molecule has 8 heavy (non-hydrogen) atoms. The van der Waals surface area contributed by atoms with Gasteiger partial charge >= 0.3 is 6.18 Å². The SMILES string of the molecule is Br.ON=CC(F)(F)F. The van der Waals surface area contributed by atoms with Crippen molar-refractivity contribution in [2.24, 2.45) is 5.16 Å². The van der Waals surface area contributed by atoms with Crippen LogP contribution in [-0.2, 0) is 0 Å². The van der Waals surface area contributed by atoms with Crippen LogP contribution in [0.5, 0.6) is 0 Å². The molecule has 0 radical (unpaired) electrons. The van der Waals surface area contributed by atoms with Crippen LogP contribution in [0.3, 0.4) is 0 Å². The Kier molecular flexibility index (Phi) is 4.94. The van der Waals surface area contributed by atoms with Gasteiger partial charge in [0.15, 0.2) is 0 Å². The first kappa shape index (κ1) is 10.7. The fraction of sp³-hybridized carbons (Fsp3) is 0.500. The van der Waals surface area contributed by atoms with E-state index in [9.17, 15) is 13.2 Å². The number of alkyl halides is 3. The molecule has 2 nitrogen and oxygen atoms in total. The maximum absolute atomic E-state index is 10.7. The molecule has 1 N–H and O–H groups in total. The lowest BCUT2D eigenvalue weighted by atomic mass is 10.7. The van der Waals surface area contributed by atoms with Crippen molar-refractivity contribution in [2.45, 2.75) is 6.18 Å². The van der Waals surface area contributed by atoms with Gasteiger partial charge < -0.3 is 5.21 Å². The summed E-state index contributed by atoms with van der Waals surface area (Å²) in [5, 5.41) is 9.01. The van der Waals surface area contributed by atoms with Crippen molar-refractivity contribution >= 4 is 23.2 Å². The van der Waals surface area contributed by atoms with Crippen LogP contribution in [0.1, 0.15) is 0 Å². The molecule has 0 saturated heterocycles. The van der Waals surface area contributed by atoms with Crippen molar-refractivity contribution in [2.75, 3.05) is 0 Å². The van der Waals surface area contributed by atoms with Crippen LogP contribution in [-0.4, -0.2) is 17.6 Å². The fourth-order valence-electron chi connectivity index (χ4n) is 0.0655. The molecule has 0 rings (SSSR count). The maximum Gasteiger partial charge on any atom is 0.429 e. The summed E-state index contributed by atoms with van der Waals surface area (Å²) in [6, 6.07) is 0. The zero-order chi connectivity index (χ0) is 5.91. The Bertz CT molecular complexity index is 79.8. The van der Waals surface area contributed by atoms with E-state index in [-0.39, 0.29) is 17.0 Å². The molecule has 0 bridgehead atoms. The van der Waals surface area contributed by atoms with Crippen molar-refractivity contribution in [1.29, 1.82) is 0 Å². The van der Waals surface area contributed by atoms with Crippen molar-refractivity contribution in [3.63, 3.8) is 0 Å². The summed E-state index contributed by atoms with van der Waals surface area (Å²) in [7, 11) is 0. The third-order valence-electron chi connectivity index (χ3n) is 0.204. The van der Waals surface area contributed by atoms with Gasteiger partial charge in [0.1, 0.15) is 6.21 Å². The van der Waals surface area contributed by atoms with Crippen LogP contribution in [0.4, 0.5) is 13.2 Å². The molecule has 0 atom stereocenters. The molecule has 0 amide bonds. The highest BCUT2D eigenvalue weighted by molar-refractivity contribution is 8.93. The van der Waals surface area contributed by atoms with Crippen LogP contribution in [0, 0.1) is 0 Å². The lowest BCUT2D eigenvalue weighted by Gasteiger charge is -1.91. The van der Waals surface area contributed by atoms with Crippen molar-refractivity contribution in [3.8, 4) is 0 Å². The quantitative estimate of drug-likeness (QED) is 0.354. The van der Waals surface area contributed by atoms with Gasteiger partial charge in [-0.15, -0.1) is 17.0 Å². The molecule has 0 heterocycles. The number of nitrogens with zero attached hydrogens (tertiary/aromatic N) is 1. The van der Waals surface area contributed by atoms with E-state index in [1.807, 2.05) is 0 Å². The minimum Gasteiger partial charge on any atom is -0.411 e. The van der Waals surface area contributed by atoms with Gasteiger partial charge in [-0.3, -0.25) is 0 Å². The van der Waals surface area contributed by atoms with Gasteiger partial charge in [-0.05, 0) is 0 Å². The molecular formula is C2H3BrF3NO. The third kappa shape index (κ3) is 9.22. The molecule has 0 aliphatic rings. The van der Waals surface area contributed by atoms with E-state index in [4.69, 9.17) is 5.21 Å². The minimum atomic E-state index is -4.49. The predicted molar refractivity (Wildman–Crippen MR) is 26.7 cm³/mol. The van der Waals surface area contributed by atoms with Crippen molar-refractivity contribution < 1.29 is 18.4 Å².